The third-order valence-electron chi connectivity index (χ3n) is 5.04. The molecule has 7 nitrogen and oxygen atoms in total. The molecule has 0 saturated carbocycles. The molecule has 1 saturated heterocycles. The molecule has 3 rings (SSSR count). The Kier molecular flexibility index (Phi) is 5.96. The largest absolute Gasteiger partial charge is 0.444 e. The van der Waals surface area contributed by atoms with Crippen LogP contribution >= 0.6 is 0 Å². The summed E-state index contributed by atoms with van der Waals surface area (Å²) in [6.45, 7) is 10.7. The molecule has 3 heterocycles. The Hall–Kier alpha value is -2.83. The molecule has 0 radical (unpaired) electrons. The van der Waals surface area contributed by atoms with Gasteiger partial charge in [-0.25, -0.2) is 9.78 Å². The van der Waals surface area contributed by atoms with E-state index in [-0.39, 0.29) is 11.9 Å². The Bertz CT molecular complexity index is 875. The molecule has 0 aliphatic carbocycles. The first-order valence-corrected chi connectivity index (χ1v) is 10.0. The lowest BCUT2D eigenvalue weighted by atomic mass is 10.0. The van der Waals surface area contributed by atoms with E-state index >= 15 is 0 Å². The van der Waals surface area contributed by atoms with E-state index in [1.165, 1.54) is 0 Å². The molecule has 2 aromatic heterocycles. The van der Waals surface area contributed by atoms with E-state index in [2.05, 4.69) is 10.3 Å². The Morgan fingerprint density at radius 1 is 1.17 bits per heavy atom. The van der Waals surface area contributed by atoms with Crippen LogP contribution in [-0.4, -0.2) is 51.2 Å². The smallest absolute Gasteiger partial charge is 0.407 e. The minimum absolute atomic E-state index is 0.0230. The number of hydrogen-bond acceptors (Lipinski definition) is 4. The van der Waals surface area contributed by atoms with E-state index in [0.29, 0.717) is 31.5 Å². The minimum atomic E-state index is -0.517. The van der Waals surface area contributed by atoms with Crippen LogP contribution in [0.3, 0.4) is 0 Å². The first-order valence-electron chi connectivity index (χ1n) is 10.0. The van der Waals surface area contributed by atoms with Crippen molar-refractivity contribution in [2.45, 2.75) is 59.1 Å². The standard InChI is InChI=1S/C22H30N4O3/c1-15-14-18(16(2)26(15)19-8-6-7-11-23-19)20(27)25-12-9-17(10-13-25)24-21(28)29-22(3,4)5/h6-8,11,14,17H,9-10,12-13H2,1-5H3,(H,24,28). The number of ether oxygens (including phenoxy) is 1. The van der Waals surface area contributed by atoms with Crippen LogP contribution < -0.4 is 5.32 Å². The average molecular weight is 399 g/mol. The summed E-state index contributed by atoms with van der Waals surface area (Å²) in [5.74, 6) is 0.831. The fraction of sp³-hybridized carbons (Fsp3) is 0.500. The number of pyridine rings is 1. The first kappa shape index (κ1) is 20.9. The summed E-state index contributed by atoms with van der Waals surface area (Å²) in [5.41, 5.74) is 2.05. The number of rotatable bonds is 3. The van der Waals surface area contributed by atoms with Gasteiger partial charge in [-0.3, -0.25) is 4.79 Å². The second kappa shape index (κ2) is 8.27. The fourth-order valence-corrected chi connectivity index (χ4v) is 3.69. The maximum absolute atomic E-state index is 13.1. The van der Waals surface area contributed by atoms with Gasteiger partial charge in [0.25, 0.3) is 5.91 Å². The Labute approximate surface area is 172 Å². The predicted octanol–water partition coefficient (Wildman–Crippen LogP) is 3.62. The average Bonchev–Trinajstić information content (AvgIpc) is 2.95. The van der Waals surface area contributed by atoms with Gasteiger partial charge in [0, 0.05) is 36.7 Å². The lowest BCUT2D eigenvalue weighted by Gasteiger charge is -2.33. The summed E-state index contributed by atoms with van der Waals surface area (Å²) in [5, 5.41) is 2.91. The van der Waals surface area contributed by atoms with E-state index in [9.17, 15) is 9.59 Å². The van der Waals surface area contributed by atoms with Crippen LogP contribution in [0.5, 0.6) is 0 Å². The monoisotopic (exact) mass is 398 g/mol. The van der Waals surface area contributed by atoms with Crippen LogP contribution in [0.1, 0.15) is 55.4 Å². The highest BCUT2D eigenvalue weighted by Crippen LogP contribution is 2.22. The highest BCUT2D eigenvalue weighted by molar-refractivity contribution is 5.96. The summed E-state index contributed by atoms with van der Waals surface area (Å²) in [4.78, 5) is 31.3. The molecule has 7 heteroatoms. The highest BCUT2D eigenvalue weighted by atomic mass is 16.6. The summed E-state index contributed by atoms with van der Waals surface area (Å²) < 4.78 is 7.32. The van der Waals surface area contributed by atoms with Crippen molar-refractivity contribution in [3.63, 3.8) is 0 Å². The molecule has 1 aliphatic rings. The number of carbonyl (C=O) groups excluding carboxylic acids is 2. The molecule has 2 amide bonds. The summed E-state index contributed by atoms with van der Waals surface area (Å²) in [6.07, 6.45) is 2.77. The van der Waals surface area contributed by atoms with Gasteiger partial charge in [-0.05, 0) is 65.7 Å². The maximum atomic E-state index is 13.1. The number of aryl methyl sites for hydroxylation is 1. The van der Waals surface area contributed by atoms with Gasteiger partial charge in [-0.15, -0.1) is 0 Å². The van der Waals surface area contributed by atoms with E-state index in [1.54, 1.807) is 6.20 Å². The van der Waals surface area contributed by atoms with Crippen molar-refractivity contribution in [3.8, 4) is 5.82 Å². The molecule has 2 aromatic rings. The number of likely N-dealkylation sites (tertiary alicyclic amines) is 1. The Morgan fingerprint density at radius 2 is 1.86 bits per heavy atom. The molecule has 0 aromatic carbocycles. The third kappa shape index (κ3) is 4.96. The maximum Gasteiger partial charge on any atom is 0.407 e. The zero-order valence-corrected chi connectivity index (χ0v) is 17.9. The normalized spacial score (nSPS) is 15.3. The lowest BCUT2D eigenvalue weighted by Crippen LogP contribution is -2.47. The first-order chi connectivity index (χ1) is 13.7. The number of aromatic nitrogens is 2. The van der Waals surface area contributed by atoms with Crippen LogP contribution in [0.15, 0.2) is 30.5 Å². The Balaban J connectivity index is 1.64. The van der Waals surface area contributed by atoms with E-state index < -0.39 is 11.7 Å². The van der Waals surface area contributed by atoms with Gasteiger partial charge in [0.1, 0.15) is 11.4 Å². The van der Waals surface area contributed by atoms with Gasteiger partial charge >= 0.3 is 6.09 Å². The number of carbonyl (C=O) groups is 2. The van der Waals surface area contributed by atoms with Gasteiger partial charge < -0.3 is 19.5 Å². The van der Waals surface area contributed by atoms with Crippen LogP contribution in [0.4, 0.5) is 4.79 Å². The lowest BCUT2D eigenvalue weighted by molar-refractivity contribution is 0.0473. The van der Waals surface area contributed by atoms with Crippen molar-refractivity contribution in [2.75, 3.05) is 13.1 Å². The number of piperidine rings is 1. The van der Waals surface area contributed by atoms with Gasteiger partial charge in [-0.2, -0.15) is 0 Å². The molecule has 1 fully saturated rings. The second-order valence-corrected chi connectivity index (χ2v) is 8.52. The van der Waals surface area contributed by atoms with E-state index in [1.807, 2.05) is 68.4 Å². The third-order valence-corrected chi connectivity index (χ3v) is 5.04. The SMILES string of the molecule is Cc1cc(C(=O)N2CCC(NC(=O)OC(C)(C)C)CC2)c(C)n1-c1ccccn1. The molecule has 156 valence electrons. The molecule has 0 atom stereocenters. The number of nitrogens with zero attached hydrogens (tertiary/aromatic N) is 3. The van der Waals surface area contributed by atoms with Crippen LogP contribution in [0.2, 0.25) is 0 Å². The fourth-order valence-electron chi connectivity index (χ4n) is 3.69. The number of amides is 2. The van der Waals surface area contributed by atoms with Gasteiger partial charge in [0.05, 0.1) is 5.56 Å². The van der Waals surface area contributed by atoms with E-state index in [0.717, 1.165) is 17.2 Å². The van der Waals surface area contributed by atoms with Gasteiger partial charge in [0.15, 0.2) is 0 Å². The molecule has 29 heavy (non-hydrogen) atoms. The van der Waals surface area contributed by atoms with Crippen molar-refractivity contribution < 1.29 is 14.3 Å². The summed E-state index contributed by atoms with van der Waals surface area (Å²) in [7, 11) is 0. The quantitative estimate of drug-likeness (QED) is 0.857. The van der Waals surface area contributed by atoms with Crippen molar-refractivity contribution in [1.29, 1.82) is 0 Å². The van der Waals surface area contributed by atoms with Crippen molar-refractivity contribution in [1.82, 2.24) is 19.8 Å². The molecule has 0 spiro atoms. The number of alkyl carbamates (subject to hydrolysis) is 1. The van der Waals surface area contributed by atoms with Gasteiger partial charge in [0.2, 0.25) is 0 Å². The van der Waals surface area contributed by atoms with Crippen LogP contribution in [-0.2, 0) is 4.74 Å². The second-order valence-electron chi connectivity index (χ2n) is 8.52. The molecule has 0 bridgehead atoms. The zero-order chi connectivity index (χ0) is 21.2. The van der Waals surface area contributed by atoms with E-state index in [4.69, 9.17) is 4.74 Å². The van der Waals surface area contributed by atoms with Crippen LogP contribution in [0.25, 0.3) is 5.82 Å². The zero-order valence-electron chi connectivity index (χ0n) is 17.9. The summed E-state index contributed by atoms with van der Waals surface area (Å²) >= 11 is 0. The minimum Gasteiger partial charge on any atom is -0.444 e. The Morgan fingerprint density at radius 3 is 2.45 bits per heavy atom. The van der Waals surface area contributed by atoms with Gasteiger partial charge in [-0.1, -0.05) is 6.07 Å². The topological polar surface area (TPSA) is 76.5 Å². The number of nitrogens with one attached hydrogen (secondary N) is 1. The molecule has 0 unspecified atom stereocenters. The molecule has 1 aliphatic heterocycles. The predicted molar refractivity (Wildman–Crippen MR) is 111 cm³/mol. The molecular weight excluding hydrogens is 368 g/mol. The van der Waals surface area contributed by atoms with Crippen molar-refractivity contribution in [3.05, 3.63) is 47.4 Å². The molecule has 1 N–H and O–H groups in total. The van der Waals surface area contributed by atoms with Crippen molar-refractivity contribution >= 4 is 12.0 Å². The number of hydrogen-bond donors (Lipinski definition) is 1. The summed E-state index contributed by atoms with van der Waals surface area (Å²) in [6, 6.07) is 7.69. The van der Waals surface area contributed by atoms with Crippen LogP contribution in [0, 0.1) is 13.8 Å². The van der Waals surface area contributed by atoms with Crippen molar-refractivity contribution in [2.24, 2.45) is 0 Å². The highest BCUT2D eigenvalue weighted by Gasteiger charge is 2.28. The molecular formula is C22H30N4O3.